The SMILES string of the molecule is CC(C)c1nc(N)cc(N(C)C2CC2)n1. The maximum Gasteiger partial charge on any atom is 0.135 e. The summed E-state index contributed by atoms with van der Waals surface area (Å²) in [7, 11) is 2.07. The van der Waals surface area contributed by atoms with Crippen LogP contribution in [0.1, 0.15) is 38.4 Å². The minimum atomic E-state index is 0.319. The van der Waals surface area contributed by atoms with Gasteiger partial charge in [-0.25, -0.2) is 9.97 Å². The first-order chi connectivity index (χ1) is 7.08. The highest BCUT2D eigenvalue weighted by Gasteiger charge is 2.27. The van der Waals surface area contributed by atoms with E-state index >= 15 is 0 Å². The van der Waals surface area contributed by atoms with E-state index < -0.39 is 0 Å². The van der Waals surface area contributed by atoms with Crippen LogP contribution in [0.4, 0.5) is 11.6 Å². The third-order valence-electron chi connectivity index (χ3n) is 2.72. The van der Waals surface area contributed by atoms with Gasteiger partial charge >= 0.3 is 0 Å². The van der Waals surface area contributed by atoms with Crippen molar-refractivity contribution in [3.05, 3.63) is 11.9 Å². The Kier molecular flexibility index (Phi) is 2.50. The molecule has 0 aliphatic heterocycles. The van der Waals surface area contributed by atoms with Gasteiger partial charge in [-0.2, -0.15) is 0 Å². The number of rotatable bonds is 3. The summed E-state index contributed by atoms with van der Waals surface area (Å²) in [5.41, 5.74) is 5.78. The van der Waals surface area contributed by atoms with Gasteiger partial charge in [0.25, 0.3) is 0 Å². The van der Waals surface area contributed by atoms with E-state index in [1.54, 1.807) is 0 Å². The van der Waals surface area contributed by atoms with Crippen LogP contribution < -0.4 is 10.6 Å². The van der Waals surface area contributed by atoms with Crippen molar-refractivity contribution < 1.29 is 0 Å². The van der Waals surface area contributed by atoms with Crippen LogP contribution in [0.15, 0.2) is 6.07 Å². The molecule has 0 radical (unpaired) electrons. The summed E-state index contributed by atoms with van der Waals surface area (Å²) in [5, 5.41) is 0. The van der Waals surface area contributed by atoms with Gasteiger partial charge in [0, 0.05) is 25.1 Å². The van der Waals surface area contributed by atoms with Crippen molar-refractivity contribution in [2.45, 2.75) is 38.6 Å². The normalized spacial score (nSPS) is 15.7. The quantitative estimate of drug-likeness (QED) is 0.819. The second-order valence-electron chi connectivity index (χ2n) is 4.51. The highest BCUT2D eigenvalue weighted by atomic mass is 15.2. The Hall–Kier alpha value is -1.32. The molecule has 2 rings (SSSR count). The Morgan fingerprint density at radius 2 is 2.07 bits per heavy atom. The lowest BCUT2D eigenvalue weighted by Crippen LogP contribution is -2.22. The van der Waals surface area contributed by atoms with Crippen molar-refractivity contribution in [3.8, 4) is 0 Å². The molecule has 4 nitrogen and oxygen atoms in total. The molecule has 0 saturated heterocycles. The Bertz CT molecular complexity index is 358. The largest absolute Gasteiger partial charge is 0.384 e. The van der Waals surface area contributed by atoms with Gasteiger partial charge in [0.2, 0.25) is 0 Å². The molecule has 0 unspecified atom stereocenters. The van der Waals surface area contributed by atoms with Crippen molar-refractivity contribution in [2.24, 2.45) is 0 Å². The molecule has 2 N–H and O–H groups in total. The van der Waals surface area contributed by atoms with Crippen LogP contribution in [0.5, 0.6) is 0 Å². The number of hydrogen-bond donors (Lipinski definition) is 1. The second kappa shape index (κ2) is 3.68. The molecule has 1 aromatic heterocycles. The lowest BCUT2D eigenvalue weighted by Gasteiger charge is -2.18. The fraction of sp³-hybridized carbons (Fsp3) is 0.636. The highest BCUT2D eigenvalue weighted by molar-refractivity contribution is 5.48. The van der Waals surface area contributed by atoms with Crippen LogP contribution in [0.2, 0.25) is 0 Å². The fourth-order valence-electron chi connectivity index (χ4n) is 1.56. The van der Waals surface area contributed by atoms with Crippen LogP contribution >= 0.6 is 0 Å². The van der Waals surface area contributed by atoms with Crippen LogP contribution in [0.25, 0.3) is 0 Å². The molecule has 1 saturated carbocycles. The highest BCUT2D eigenvalue weighted by Crippen LogP contribution is 2.30. The topological polar surface area (TPSA) is 55.0 Å². The molecule has 1 fully saturated rings. The minimum absolute atomic E-state index is 0.319. The van der Waals surface area contributed by atoms with E-state index in [1.807, 2.05) is 6.07 Å². The molecule has 4 heteroatoms. The number of hydrogen-bond acceptors (Lipinski definition) is 4. The van der Waals surface area contributed by atoms with Crippen molar-refractivity contribution >= 4 is 11.6 Å². The van der Waals surface area contributed by atoms with E-state index in [9.17, 15) is 0 Å². The van der Waals surface area contributed by atoms with Crippen LogP contribution in [-0.2, 0) is 0 Å². The predicted octanol–water partition coefficient (Wildman–Crippen LogP) is 1.78. The van der Waals surface area contributed by atoms with Gasteiger partial charge in [-0.15, -0.1) is 0 Å². The van der Waals surface area contributed by atoms with Gasteiger partial charge in [-0.3, -0.25) is 0 Å². The number of nitrogens with two attached hydrogens (primary N) is 1. The Balaban J connectivity index is 2.29. The molecular weight excluding hydrogens is 188 g/mol. The number of aromatic nitrogens is 2. The summed E-state index contributed by atoms with van der Waals surface area (Å²) in [6, 6.07) is 2.50. The third-order valence-corrected chi connectivity index (χ3v) is 2.72. The second-order valence-corrected chi connectivity index (χ2v) is 4.51. The summed E-state index contributed by atoms with van der Waals surface area (Å²) in [4.78, 5) is 11.0. The van der Waals surface area contributed by atoms with E-state index in [1.165, 1.54) is 12.8 Å². The van der Waals surface area contributed by atoms with Crippen molar-refractivity contribution in [2.75, 3.05) is 17.7 Å². The molecule has 0 atom stereocenters. The van der Waals surface area contributed by atoms with Gasteiger partial charge in [-0.1, -0.05) is 13.8 Å². The lowest BCUT2D eigenvalue weighted by atomic mass is 10.2. The molecule has 1 aromatic rings. The first-order valence-electron chi connectivity index (χ1n) is 5.45. The lowest BCUT2D eigenvalue weighted by molar-refractivity contribution is 0.764. The maximum atomic E-state index is 5.78. The molecule has 1 aliphatic rings. The monoisotopic (exact) mass is 206 g/mol. The summed E-state index contributed by atoms with van der Waals surface area (Å²) < 4.78 is 0. The molecule has 1 heterocycles. The van der Waals surface area contributed by atoms with E-state index in [2.05, 4.69) is 35.8 Å². The smallest absolute Gasteiger partial charge is 0.135 e. The molecule has 0 aromatic carbocycles. The van der Waals surface area contributed by atoms with Gasteiger partial charge < -0.3 is 10.6 Å². The van der Waals surface area contributed by atoms with Gasteiger partial charge in [0.05, 0.1) is 0 Å². The van der Waals surface area contributed by atoms with Gasteiger partial charge in [-0.05, 0) is 12.8 Å². The minimum Gasteiger partial charge on any atom is -0.384 e. The number of anilines is 2. The summed E-state index contributed by atoms with van der Waals surface area (Å²) in [6.07, 6.45) is 2.52. The van der Waals surface area contributed by atoms with E-state index in [0.29, 0.717) is 17.8 Å². The van der Waals surface area contributed by atoms with Crippen LogP contribution in [0, 0.1) is 0 Å². The summed E-state index contributed by atoms with van der Waals surface area (Å²) in [6.45, 7) is 4.16. The summed E-state index contributed by atoms with van der Waals surface area (Å²) in [5.74, 6) is 2.67. The Morgan fingerprint density at radius 3 is 2.60 bits per heavy atom. The first kappa shape index (κ1) is 10.2. The van der Waals surface area contributed by atoms with Crippen LogP contribution in [0.3, 0.4) is 0 Å². The molecule has 15 heavy (non-hydrogen) atoms. The average Bonchev–Trinajstić information content (AvgIpc) is 2.98. The predicted molar refractivity (Wildman–Crippen MR) is 62.0 cm³/mol. The third kappa shape index (κ3) is 2.19. The zero-order valence-electron chi connectivity index (χ0n) is 9.57. The molecule has 0 amide bonds. The molecular formula is C11H18N4. The van der Waals surface area contributed by atoms with Gasteiger partial charge in [0.15, 0.2) is 0 Å². The Labute approximate surface area is 90.5 Å². The first-order valence-corrected chi connectivity index (χ1v) is 5.45. The summed E-state index contributed by atoms with van der Waals surface area (Å²) >= 11 is 0. The Morgan fingerprint density at radius 1 is 1.40 bits per heavy atom. The van der Waals surface area contributed by atoms with Gasteiger partial charge in [0.1, 0.15) is 17.5 Å². The fourth-order valence-corrected chi connectivity index (χ4v) is 1.56. The average molecular weight is 206 g/mol. The van der Waals surface area contributed by atoms with Crippen molar-refractivity contribution in [1.82, 2.24) is 9.97 Å². The number of nitrogen functional groups attached to an aromatic ring is 1. The zero-order valence-corrected chi connectivity index (χ0v) is 9.57. The maximum absolute atomic E-state index is 5.78. The van der Waals surface area contributed by atoms with Crippen molar-refractivity contribution in [1.29, 1.82) is 0 Å². The molecule has 1 aliphatic carbocycles. The zero-order chi connectivity index (χ0) is 11.0. The molecule has 0 bridgehead atoms. The van der Waals surface area contributed by atoms with E-state index in [4.69, 9.17) is 5.73 Å². The standard InChI is InChI=1S/C11H18N4/c1-7(2)11-13-9(12)6-10(14-11)15(3)8-4-5-8/h6-8H,4-5H2,1-3H3,(H2,12,13,14). The van der Waals surface area contributed by atoms with Crippen LogP contribution in [-0.4, -0.2) is 23.1 Å². The molecule has 82 valence electrons. The van der Waals surface area contributed by atoms with Crippen molar-refractivity contribution in [3.63, 3.8) is 0 Å². The number of nitrogens with zero attached hydrogens (tertiary/aromatic N) is 3. The van der Waals surface area contributed by atoms with E-state index in [-0.39, 0.29) is 0 Å². The molecule has 0 spiro atoms. The van der Waals surface area contributed by atoms with E-state index in [0.717, 1.165) is 11.6 Å².